The van der Waals surface area contributed by atoms with Gasteiger partial charge in [0.1, 0.15) is 5.82 Å². The number of carboxylic acids is 1. The third-order valence-electron chi connectivity index (χ3n) is 3.15. The quantitative estimate of drug-likeness (QED) is 0.453. The van der Waals surface area contributed by atoms with Gasteiger partial charge in [0, 0.05) is 25.4 Å². The summed E-state index contributed by atoms with van der Waals surface area (Å²) in [6, 6.07) is -0.480. The number of rotatable bonds is 6. The van der Waals surface area contributed by atoms with Crippen molar-refractivity contribution in [3.05, 3.63) is 30.4 Å². The first kappa shape index (κ1) is 14.1. The number of H-pyrrole nitrogens is 1. The lowest BCUT2D eigenvalue weighted by atomic mass is 10.1. The van der Waals surface area contributed by atoms with Gasteiger partial charge in [0.05, 0.1) is 12.0 Å². The minimum atomic E-state index is -0.857. The molecule has 0 aliphatic heterocycles. The van der Waals surface area contributed by atoms with Crippen molar-refractivity contribution >= 4 is 12.0 Å². The number of carboxylic acid groups (broad SMARTS) is 1. The van der Waals surface area contributed by atoms with Crippen LogP contribution in [0.3, 0.4) is 0 Å². The Kier molecular flexibility index (Phi) is 4.75. The van der Waals surface area contributed by atoms with E-state index >= 15 is 0 Å². The Labute approximate surface area is 116 Å². The Hall–Kier alpha value is -2.31. The van der Waals surface area contributed by atoms with Gasteiger partial charge in [-0.05, 0) is 12.8 Å². The molecule has 0 saturated heterocycles. The summed E-state index contributed by atoms with van der Waals surface area (Å²) in [4.78, 5) is 29.5. The van der Waals surface area contributed by atoms with Crippen LogP contribution < -0.4 is 10.6 Å². The van der Waals surface area contributed by atoms with Crippen LogP contribution >= 0.6 is 0 Å². The van der Waals surface area contributed by atoms with Crippen LogP contribution in [-0.4, -0.2) is 39.7 Å². The van der Waals surface area contributed by atoms with Crippen LogP contribution in [0.2, 0.25) is 0 Å². The van der Waals surface area contributed by atoms with Gasteiger partial charge in [-0.2, -0.15) is 0 Å². The molecule has 4 N–H and O–H groups in total. The van der Waals surface area contributed by atoms with E-state index in [-0.39, 0.29) is 12.1 Å². The van der Waals surface area contributed by atoms with Gasteiger partial charge in [-0.15, -0.1) is 0 Å². The highest BCUT2D eigenvalue weighted by Gasteiger charge is 2.25. The minimum Gasteiger partial charge on any atom is -0.481 e. The summed E-state index contributed by atoms with van der Waals surface area (Å²) < 4.78 is 0. The van der Waals surface area contributed by atoms with Crippen LogP contribution in [-0.2, 0) is 11.2 Å². The molecule has 0 spiro atoms. The molecule has 2 rings (SSSR count). The number of urea groups is 1. The molecule has 0 aromatic carbocycles. The largest absolute Gasteiger partial charge is 0.481 e. The van der Waals surface area contributed by atoms with E-state index in [1.807, 2.05) is 0 Å². The van der Waals surface area contributed by atoms with Gasteiger partial charge in [0.2, 0.25) is 0 Å². The molecular weight excluding hydrogens is 260 g/mol. The van der Waals surface area contributed by atoms with Crippen molar-refractivity contribution in [1.82, 2.24) is 20.6 Å². The van der Waals surface area contributed by atoms with E-state index in [0.717, 1.165) is 18.7 Å². The topological polar surface area (TPSA) is 107 Å². The Morgan fingerprint density at radius 3 is 2.95 bits per heavy atom. The molecule has 108 valence electrons. The second kappa shape index (κ2) is 6.74. The van der Waals surface area contributed by atoms with Crippen molar-refractivity contribution in [2.45, 2.75) is 25.3 Å². The van der Waals surface area contributed by atoms with Crippen LogP contribution in [0.15, 0.2) is 24.5 Å². The van der Waals surface area contributed by atoms with E-state index in [4.69, 9.17) is 5.11 Å². The fourth-order valence-corrected chi connectivity index (χ4v) is 2.10. The summed E-state index contributed by atoms with van der Waals surface area (Å²) in [5, 5.41) is 14.3. The van der Waals surface area contributed by atoms with Crippen molar-refractivity contribution in [3.63, 3.8) is 0 Å². The van der Waals surface area contributed by atoms with Crippen LogP contribution in [0, 0.1) is 5.92 Å². The maximum Gasteiger partial charge on any atom is 0.315 e. The van der Waals surface area contributed by atoms with Gasteiger partial charge in [0.25, 0.3) is 0 Å². The van der Waals surface area contributed by atoms with Crippen LogP contribution in [0.1, 0.15) is 18.7 Å². The zero-order valence-electron chi connectivity index (χ0n) is 11.0. The first-order chi connectivity index (χ1) is 9.65. The number of nitrogens with one attached hydrogen (secondary N) is 3. The molecule has 0 radical (unpaired) electrons. The van der Waals surface area contributed by atoms with Crippen molar-refractivity contribution in [2.75, 3.05) is 6.54 Å². The van der Waals surface area contributed by atoms with Gasteiger partial charge in [0.15, 0.2) is 0 Å². The average molecular weight is 278 g/mol. The number of hydrogen-bond donors (Lipinski definition) is 4. The highest BCUT2D eigenvalue weighted by molar-refractivity contribution is 5.76. The number of nitrogens with zero attached hydrogens (tertiary/aromatic N) is 1. The fraction of sp³-hybridized carbons (Fsp3) is 0.462. The molecule has 2 unspecified atom stereocenters. The number of aromatic nitrogens is 2. The first-order valence-corrected chi connectivity index (χ1v) is 6.59. The predicted octanol–water partition coefficient (Wildman–Crippen LogP) is 0.671. The lowest BCUT2D eigenvalue weighted by Crippen LogP contribution is -2.41. The summed E-state index contributed by atoms with van der Waals surface area (Å²) >= 11 is 0. The number of aromatic amines is 1. The maximum absolute atomic E-state index is 11.6. The number of carbonyl (C=O) groups excluding carboxylic acids is 1. The van der Waals surface area contributed by atoms with E-state index in [2.05, 4.69) is 20.6 Å². The number of carbonyl (C=O) groups is 2. The number of aliphatic carboxylic acids is 1. The Morgan fingerprint density at radius 1 is 1.45 bits per heavy atom. The molecule has 1 aliphatic carbocycles. The molecule has 0 saturated carbocycles. The molecule has 1 aliphatic rings. The van der Waals surface area contributed by atoms with Crippen molar-refractivity contribution < 1.29 is 14.7 Å². The fourth-order valence-electron chi connectivity index (χ4n) is 2.10. The summed E-state index contributed by atoms with van der Waals surface area (Å²) in [6.07, 6.45) is 8.78. The molecule has 7 nitrogen and oxygen atoms in total. The van der Waals surface area contributed by atoms with E-state index < -0.39 is 11.9 Å². The van der Waals surface area contributed by atoms with Gasteiger partial charge in [-0.25, -0.2) is 9.78 Å². The van der Waals surface area contributed by atoms with Crippen LogP contribution in [0.25, 0.3) is 0 Å². The zero-order chi connectivity index (χ0) is 14.4. The lowest BCUT2D eigenvalue weighted by Gasteiger charge is -2.12. The summed E-state index contributed by atoms with van der Waals surface area (Å²) in [6.45, 7) is 0.547. The first-order valence-electron chi connectivity index (χ1n) is 6.59. The van der Waals surface area contributed by atoms with E-state index in [1.165, 1.54) is 0 Å². The van der Waals surface area contributed by atoms with Crippen molar-refractivity contribution in [1.29, 1.82) is 0 Å². The van der Waals surface area contributed by atoms with E-state index in [0.29, 0.717) is 13.0 Å². The minimum absolute atomic E-state index is 0.207. The van der Waals surface area contributed by atoms with Gasteiger partial charge >= 0.3 is 12.0 Å². The molecule has 1 aromatic rings. The monoisotopic (exact) mass is 278 g/mol. The highest BCUT2D eigenvalue weighted by atomic mass is 16.4. The number of imidazole rings is 1. The van der Waals surface area contributed by atoms with E-state index in [9.17, 15) is 9.59 Å². The lowest BCUT2D eigenvalue weighted by molar-refractivity contribution is -0.140. The number of aryl methyl sites for hydroxylation is 1. The predicted molar refractivity (Wildman–Crippen MR) is 72.1 cm³/mol. The summed E-state index contributed by atoms with van der Waals surface area (Å²) in [7, 11) is 0. The maximum atomic E-state index is 11.6. The van der Waals surface area contributed by atoms with Crippen LogP contribution in [0.4, 0.5) is 4.79 Å². The smallest absolute Gasteiger partial charge is 0.315 e. The summed E-state index contributed by atoms with van der Waals surface area (Å²) in [5.74, 6) is -0.459. The molecule has 7 heteroatoms. The molecule has 1 heterocycles. The highest BCUT2D eigenvalue weighted by Crippen LogP contribution is 2.17. The average Bonchev–Trinajstić information content (AvgIpc) is 3.05. The Morgan fingerprint density at radius 2 is 2.30 bits per heavy atom. The molecule has 2 atom stereocenters. The van der Waals surface area contributed by atoms with E-state index in [1.54, 1.807) is 24.5 Å². The van der Waals surface area contributed by atoms with Crippen LogP contribution in [0.5, 0.6) is 0 Å². The molecule has 1 aromatic heterocycles. The number of amides is 2. The standard InChI is InChI=1S/C13H18N4O3/c18-12(19)9-3-4-10(8-9)17-13(20)16-5-1-2-11-14-6-7-15-11/h3-4,6-7,9-10H,1-2,5,8H2,(H,14,15)(H,18,19)(H2,16,17,20). The molecule has 0 bridgehead atoms. The SMILES string of the molecule is O=C(NCCCc1ncc[nH]1)NC1C=CC(C(=O)O)C1. The second-order valence-electron chi connectivity index (χ2n) is 4.71. The van der Waals surface area contributed by atoms with Gasteiger partial charge < -0.3 is 20.7 Å². The Bertz CT molecular complexity index is 484. The molecular formula is C13H18N4O3. The van der Waals surface area contributed by atoms with Crippen molar-refractivity contribution in [3.8, 4) is 0 Å². The third kappa shape index (κ3) is 4.11. The van der Waals surface area contributed by atoms with Gasteiger partial charge in [-0.3, -0.25) is 4.79 Å². The molecule has 20 heavy (non-hydrogen) atoms. The molecule has 0 fully saturated rings. The third-order valence-corrected chi connectivity index (χ3v) is 3.15. The molecule has 2 amide bonds. The zero-order valence-corrected chi connectivity index (χ0v) is 11.0. The summed E-state index contributed by atoms with van der Waals surface area (Å²) in [5.41, 5.74) is 0. The number of hydrogen-bond acceptors (Lipinski definition) is 3. The Balaban J connectivity index is 1.59. The van der Waals surface area contributed by atoms with Gasteiger partial charge in [-0.1, -0.05) is 12.2 Å². The second-order valence-corrected chi connectivity index (χ2v) is 4.71. The normalized spacial score (nSPS) is 20.8. The van der Waals surface area contributed by atoms with Crippen molar-refractivity contribution in [2.24, 2.45) is 5.92 Å².